The lowest BCUT2D eigenvalue weighted by Gasteiger charge is -2.19. The number of hydrogen-bond acceptors (Lipinski definition) is 5. The van der Waals surface area contributed by atoms with Gasteiger partial charge in [0.1, 0.15) is 0 Å². The standard InChI is InChI=1S/C27H27F3N4O2/c1-17-13-22(32-34(17)16-19-6-4-5-18(14-19)15-25(2,3)35)24-31-23(33-36-24)20-7-9-21(10-8-20)26(11-12-26)27(28,29)30/h4-10,13-14,35H,11-12,15-16H2,1-3H3. The molecule has 6 nitrogen and oxygen atoms in total. The molecule has 1 fully saturated rings. The highest BCUT2D eigenvalue weighted by molar-refractivity contribution is 5.59. The summed E-state index contributed by atoms with van der Waals surface area (Å²) in [6.45, 7) is 6.03. The van der Waals surface area contributed by atoms with Crippen LogP contribution in [0.25, 0.3) is 23.0 Å². The predicted octanol–water partition coefficient (Wildman–Crippen LogP) is 5.86. The Labute approximate surface area is 206 Å². The number of halogens is 3. The van der Waals surface area contributed by atoms with E-state index in [2.05, 4.69) is 21.3 Å². The van der Waals surface area contributed by atoms with E-state index >= 15 is 0 Å². The van der Waals surface area contributed by atoms with E-state index in [1.54, 1.807) is 26.0 Å². The largest absolute Gasteiger partial charge is 0.398 e. The van der Waals surface area contributed by atoms with Crippen LogP contribution in [0.4, 0.5) is 13.2 Å². The van der Waals surface area contributed by atoms with E-state index < -0.39 is 17.2 Å². The lowest BCUT2D eigenvalue weighted by atomic mass is 9.94. The number of hydrogen-bond donors (Lipinski definition) is 1. The van der Waals surface area contributed by atoms with Crippen LogP contribution in [-0.2, 0) is 18.4 Å². The van der Waals surface area contributed by atoms with Crippen LogP contribution in [-0.4, -0.2) is 36.8 Å². The molecule has 0 unspecified atom stereocenters. The minimum atomic E-state index is -4.25. The third kappa shape index (κ3) is 4.80. The third-order valence-electron chi connectivity index (χ3n) is 6.58. The van der Waals surface area contributed by atoms with E-state index in [-0.39, 0.29) is 24.3 Å². The Kier molecular flexibility index (Phi) is 5.78. The van der Waals surface area contributed by atoms with Crippen molar-refractivity contribution < 1.29 is 22.8 Å². The van der Waals surface area contributed by atoms with Gasteiger partial charge < -0.3 is 9.63 Å². The Bertz CT molecular complexity index is 1380. The van der Waals surface area contributed by atoms with Crippen LogP contribution in [0, 0.1) is 6.92 Å². The van der Waals surface area contributed by atoms with E-state index in [0.717, 1.165) is 16.8 Å². The zero-order valence-corrected chi connectivity index (χ0v) is 20.3. The molecule has 188 valence electrons. The second kappa shape index (κ2) is 8.58. The van der Waals surface area contributed by atoms with Crippen LogP contribution in [0.15, 0.2) is 59.1 Å². The van der Waals surface area contributed by atoms with Crippen LogP contribution < -0.4 is 0 Å². The minimum Gasteiger partial charge on any atom is -0.390 e. The van der Waals surface area contributed by atoms with Crippen molar-refractivity contribution in [3.63, 3.8) is 0 Å². The van der Waals surface area contributed by atoms with Crippen molar-refractivity contribution in [3.8, 4) is 23.0 Å². The maximum atomic E-state index is 13.4. The highest BCUT2D eigenvalue weighted by Gasteiger charge is 2.64. The summed E-state index contributed by atoms with van der Waals surface area (Å²) in [5, 5.41) is 18.7. The van der Waals surface area contributed by atoms with Gasteiger partial charge in [0.2, 0.25) is 5.82 Å². The molecule has 0 saturated heterocycles. The Morgan fingerprint density at radius 3 is 2.36 bits per heavy atom. The number of aliphatic hydroxyl groups is 1. The molecule has 0 atom stereocenters. The first kappa shape index (κ1) is 24.2. The highest BCUT2D eigenvalue weighted by atomic mass is 19.4. The molecule has 36 heavy (non-hydrogen) atoms. The molecule has 2 aromatic carbocycles. The Hall–Kier alpha value is -3.46. The fraction of sp³-hybridized carbons (Fsp3) is 0.370. The van der Waals surface area contributed by atoms with Gasteiger partial charge in [-0.2, -0.15) is 23.3 Å². The molecule has 2 aromatic heterocycles. The normalized spacial score (nSPS) is 15.3. The van der Waals surface area contributed by atoms with Gasteiger partial charge in [-0.15, -0.1) is 0 Å². The number of alkyl halides is 3. The molecular weight excluding hydrogens is 469 g/mol. The van der Waals surface area contributed by atoms with Crippen molar-refractivity contribution in [3.05, 3.63) is 77.0 Å². The summed E-state index contributed by atoms with van der Waals surface area (Å²) in [6.07, 6.45) is -3.46. The van der Waals surface area contributed by atoms with Crippen LogP contribution in [0.3, 0.4) is 0 Å². The highest BCUT2D eigenvalue weighted by Crippen LogP contribution is 2.58. The molecule has 0 spiro atoms. The second-order valence-electron chi connectivity index (χ2n) is 10.2. The van der Waals surface area contributed by atoms with Crippen molar-refractivity contribution in [1.82, 2.24) is 19.9 Å². The lowest BCUT2D eigenvalue weighted by molar-refractivity contribution is -0.160. The molecule has 0 amide bonds. The zero-order valence-electron chi connectivity index (χ0n) is 20.3. The summed E-state index contributed by atoms with van der Waals surface area (Å²) in [4.78, 5) is 4.42. The molecule has 9 heteroatoms. The van der Waals surface area contributed by atoms with Gasteiger partial charge >= 0.3 is 6.18 Å². The van der Waals surface area contributed by atoms with Crippen LogP contribution >= 0.6 is 0 Å². The number of benzene rings is 2. The van der Waals surface area contributed by atoms with Gasteiger partial charge in [-0.05, 0) is 56.4 Å². The monoisotopic (exact) mass is 496 g/mol. The summed E-state index contributed by atoms with van der Waals surface area (Å²) < 4.78 is 47.4. The van der Waals surface area contributed by atoms with Crippen LogP contribution in [0.1, 0.15) is 49.1 Å². The molecule has 0 radical (unpaired) electrons. The maximum Gasteiger partial charge on any atom is 0.398 e. The van der Waals surface area contributed by atoms with Gasteiger partial charge in [0.05, 0.1) is 17.6 Å². The number of nitrogens with zero attached hydrogens (tertiary/aromatic N) is 4. The van der Waals surface area contributed by atoms with E-state index in [0.29, 0.717) is 30.0 Å². The van der Waals surface area contributed by atoms with E-state index in [9.17, 15) is 18.3 Å². The fourth-order valence-corrected chi connectivity index (χ4v) is 4.53. The fourth-order valence-electron chi connectivity index (χ4n) is 4.53. The van der Waals surface area contributed by atoms with E-state index in [4.69, 9.17) is 4.52 Å². The second-order valence-corrected chi connectivity index (χ2v) is 10.2. The minimum absolute atomic E-state index is 0.119. The first-order chi connectivity index (χ1) is 16.9. The summed E-state index contributed by atoms with van der Waals surface area (Å²) >= 11 is 0. The third-order valence-corrected chi connectivity index (χ3v) is 6.58. The molecule has 2 heterocycles. The first-order valence-corrected chi connectivity index (χ1v) is 11.8. The van der Waals surface area contributed by atoms with Gasteiger partial charge in [-0.25, -0.2) is 0 Å². The van der Waals surface area contributed by atoms with Gasteiger partial charge in [-0.1, -0.05) is 53.7 Å². The van der Waals surface area contributed by atoms with Crippen molar-refractivity contribution in [1.29, 1.82) is 0 Å². The summed E-state index contributed by atoms with van der Waals surface area (Å²) in [5.74, 6) is 0.528. The molecule has 4 aromatic rings. The SMILES string of the molecule is Cc1cc(-c2nc(-c3ccc(C4(C(F)(F)F)CC4)cc3)no2)nn1Cc1cccc(CC(C)(C)O)c1. The zero-order chi connectivity index (χ0) is 25.7. The van der Waals surface area contributed by atoms with E-state index in [1.165, 1.54) is 12.1 Å². The number of aryl methyl sites for hydroxylation is 1. The van der Waals surface area contributed by atoms with Gasteiger partial charge in [0.15, 0.2) is 5.69 Å². The molecular formula is C27H27F3N4O2. The van der Waals surface area contributed by atoms with Crippen molar-refractivity contribution >= 4 is 0 Å². The van der Waals surface area contributed by atoms with Crippen LogP contribution in [0.5, 0.6) is 0 Å². The van der Waals surface area contributed by atoms with Gasteiger partial charge in [0, 0.05) is 17.7 Å². The molecule has 1 aliphatic carbocycles. The van der Waals surface area contributed by atoms with Crippen LogP contribution in [0.2, 0.25) is 0 Å². The quantitative estimate of drug-likeness (QED) is 0.347. The molecule has 0 aliphatic heterocycles. The maximum absolute atomic E-state index is 13.4. The molecule has 5 rings (SSSR count). The smallest absolute Gasteiger partial charge is 0.390 e. The summed E-state index contributed by atoms with van der Waals surface area (Å²) in [5.41, 5.74) is 1.85. The average Bonchev–Trinajstić information content (AvgIpc) is 3.35. The molecule has 1 saturated carbocycles. The van der Waals surface area contributed by atoms with Crippen molar-refractivity contribution in [2.75, 3.05) is 0 Å². The number of aromatic nitrogens is 4. The lowest BCUT2D eigenvalue weighted by Crippen LogP contribution is -2.28. The van der Waals surface area contributed by atoms with Gasteiger partial charge in [0.25, 0.3) is 5.89 Å². The molecule has 0 bridgehead atoms. The first-order valence-electron chi connectivity index (χ1n) is 11.8. The average molecular weight is 497 g/mol. The van der Waals surface area contributed by atoms with Gasteiger partial charge in [-0.3, -0.25) is 4.68 Å². The summed E-state index contributed by atoms with van der Waals surface area (Å²) in [6, 6.07) is 16.1. The Balaban J connectivity index is 1.33. The number of rotatable bonds is 7. The molecule has 1 aliphatic rings. The van der Waals surface area contributed by atoms with E-state index in [1.807, 2.05) is 35.9 Å². The van der Waals surface area contributed by atoms with Crippen molar-refractivity contribution in [2.45, 2.75) is 63.8 Å². The Morgan fingerprint density at radius 2 is 1.72 bits per heavy atom. The summed E-state index contributed by atoms with van der Waals surface area (Å²) in [7, 11) is 0. The molecule has 1 N–H and O–H groups in total. The topological polar surface area (TPSA) is 77.0 Å². The predicted molar refractivity (Wildman–Crippen MR) is 128 cm³/mol. The Morgan fingerprint density at radius 1 is 1.03 bits per heavy atom. The van der Waals surface area contributed by atoms with Crippen molar-refractivity contribution in [2.24, 2.45) is 0 Å².